The fourth-order valence-electron chi connectivity index (χ4n) is 12.9. The van der Waals surface area contributed by atoms with E-state index >= 15 is 0 Å². The molecule has 2 aliphatic carbocycles. The highest BCUT2D eigenvalue weighted by Crippen LogP contribution is 2.44. The number of nitrogens with zero attached hydrogens (tertiary/aromatic N) is 14. The summed E-state index contributed by atoms with van der Waals surface area (Å²) in [6.07, 6.45) is 5.62. The molecule has 6 aromatic carbocycles. The molecule has 0 bridgehead atoms. The summed E-state index contributed by atoms with van der Waals surface area (Å²) in [7, 11) is 4.96. The first-order chi connectivity index (χ1) is 57.7. The predicted molar refractivity (Wildman–Crippen MR) is 450 cm³/mol. The number of anilines is 6. The molecule has 0 saturated heterocycles. The van der Waals surface area contributed by atoms with Crippen molar-refractivity contribution >= 4 is 56.9 Å². The number of hydrogen-bond donors (Lipinski definition) is 0. The maximum absolute atomic E-state index is 13.2. The molecule has 0 amide bonds. The van der Waals surface area contributed by atoms with Gasteiger partial charge in [0, 0.05) is 145 Å². The van der Waals surface area contributed by atoms with Crippen LogP contribution in [0.4, 0.5) is 110 Å². The normalized spacial score (nSPS) is 12.3. The molecule has 2 fully saturated rings. The number of nitriles is 4. The summed E-state index contributed by atoms with van der Waals surface area (Å²) in [5.74, 6) is 0.438. The van der Waals surface area contributed by atoms with Crippen LogP contribution in [-0.4, -0.2) is 112 Å². The zero-order valence-corrected chi connectivity index (χ0v) is 69.7. The maximum Gasteiger partial charge on any atom is 0.423 e. The number of ether oxygens (including phenoxy) is 1. The molecule has 0 unspecified atom stereocenters. The molecule has 0 N–H and O–H groups in total. The topological polar surface area (TPSA) is 296 Å². The average molecular weight is 1720 g/mol. The Morgan fingerprint density at radius 1 is 0.426 bits per heavy atom. The predicted octanol–water partition coefficient (Wildman–Crippen LogP) is 23.7. The van der Waals surface area contributed by atoms with Gasteiger partial charge in [-0.15, -0.1) is 19.7 Å². The lowest BCUT2D eigenvalue weighted by Gasteiger charge is -2.35. The van der Waals surface area contributed by atoms with E-state index < -0.39 is 78.0 Å². The van der Waals surface area contributed by atoms with E-state index in [9.17, 15) is 93.1 Å². The summed E-state index contributed by atoms with van der Waals surface area (Å²) in [5, 5.41) is 78.6. The largest absolute Gasteiger partial charge is 0.423 e. The Hall–Kier alpha value is -12.0. The molecule has 0 aliphatic heterocycles. The first-order valence-electron chi connectivity index (χ1n) is 39.8. The molecule has 2 aliphatic rings. The molecule has 8 rings (SSSR count). The van der Waals surface area contributed by atoms with Gasteiger partial charge in [-0.1, -0.05) is 110 Å². The van der Waals surface area contributed by atoms with E-state index in [0.717, 1.165) is 139 Å². The van der Waals surface area contributed by atoms with E-state index in [1.54, 1.807) is 71.5 Å². The third-order valence-corrected chi connectivity index (χ3v) is 19.4. The second kappa shape index (κ2) is 52.3. The van der Waals surface area contributed by atoms with Crippen LogP contribution < -0.4 is 29.4 Å². The maximum atomic E-state index is 13.2. The van der Waals surface area contributed by atoms with Crippen molar-refractivity contribution in [3.63, 3.8) is 0 Å². The Bertz CT molecular complexity index is 4530. The summed E-state index contributed by atoms with van der Waals surface area (Å²) in [4.78, 5) is 51.5. The summed E-state index contributed by atoms with van der Waals surface area (Å²) >= 11 is 0. The van der Waals surface area contributed by atoms with Crippen LogP contribution in [0.3, 0.4) is 0 Å². The molecule has 0 radical (unpaired) electrons. The lowest BCUT2D eigenvalue weighted by molar-refractivity contribution is -0.388. The minimum atomic E-state index is -4.76. The van der Waals surface area contributed by atoms with E-state index in [1.165, 1.54) is 92.6 Å². The zero-order chi connectivity index (χ0) is 91.5. The van der Waals surface area contributed by atoms with E-state index in [4.69, 9.17) is 25.8 Å². The first kappa shape index (κ1) is 104. The monoisotopic (exact) mass is 1720 g/mol. The van der Waals surface area contributed by atoms with Gasteiger partial charge in [0.1, 0.15) is 22.9 Å². The molecule has 122 heavy (non-hydrogen) atoms. The molecule has 6 aromatic rings. The Balaban J connectivity index is 0.000000379. The fraction of sp³-hybridized carbons (Fsp3) is 0.471. The lowest BCUT2D eigenvalue weighted by atomic mass is 9.93. The average Bonchev–Trinajstić information content (AvgIpc) is 1.17. The minimum absolute atomic E-state index is 0.00813. The molecule has 0 spiro atoms. The number of likely N-dealkylation sites (N-methyl/N-ethyl adjacent to an activating group) is 1. The van der Waals surface area contributed by atoms with E-state index in [-0.39, 0.29) is 51.0 Å². The van der Waals surface area contributed by atoms with Crippen molar-refractivity contribution in [1.82, 2.24) is 0 Å². The van der Waals surface area contributed by atoms with Gasteiger partial charge in [-0.05, 0) is 136 Å². The van der Waals surface area contributed by atoms with Gasteiger partial charge in [-0.3, -0.25) is 40.5 Å². The van der Waals surface area contributed by atoms with Crippen LogP contribution in [0.5, 0.6) is 0 Å². The number of halogens is 12. The van der Waals surface area contributed by atoms with Gasteiger partial charge >= 0.3 is 24.7 Å². The number of rotatable bonds is 37. The molecule has 0 aromatic heterocycles. The fourth-order valence-corrected chi connectivity index (χ4v) is 12.9. The van der Waals surface area contributed by atoms with Crippen molar-refractivity contribution < 1.29 is 77.1 Å². The molecule has 0 atom stereocenters. The number of benzene rings is 6. The van der Waals surface area contributed by atoms with Crippen LogP contribution in [0.25, 0.3) is 0 Å². The Morgan fingerprint density at radius 3 is 1.41 bits per heavy atom. The Morgan fingerprint density at radius 2 is 0.918 bits per heavy atom. The van der Waals surface area contributed by atoms with Gasteiger partial charge in [0.15, 0.2) is 0 Å². The standard InChI is InChI=1S/C16H19F3N2O2.C16H21F3N2.C16H23N3O2.C14H17F3N2O2.C13H13N3O2.C12H13F3N2O/c1-2-10-20(12-6-4-3-5-7-12)13-8-9-15(21(22)23)14(11-13)16(17,18)19;1-3-5-9-21(10-6-4-2)14-8-7-13(12-20)15(11-14)16(17,18)19;1-3-4-5-6-7-8-11-18(2)15-10-9-14(13-17)16(12-15)19(20)21;1-2-7-18(9-10-3-4-10)13-6-5-11(19(20)21)8-12(13)14(15,16)17;1-3-7-15(8-4-2)12-6-5-11(10-14)9-13(12)16(17)18;1-17(5-6-18-2)11-4-3-9(8-16)7-10(11)12(13,14)15/h2,8-9,11-12H,1,3-7,10H2;7-8,11H,3-6,9-10H2,1-2H3;9-10,12H,3-8,11H2,1-2H3;5-6,8,10H,2-4,7,9H2,1H3;3-6,9H,1-2,7-8H2;3-4,7H,5-6H2,1-2H3. The second-order valence-corrected chi connectivity index (χ2v) is 28.6. The van der Waals surface area contributed by atoms with Crippen molar-refractivity contribution in [1.29, 1.82) is 21.0 Å². The summed E-state index contributed by atoms with van der Waals surface area (Å²) < 4.78 is 162. The molecular formula is C87H106F12N14O9. The van der Waals surface area contributed by atoms with E-state index in [0.29, 0.717) is 74.9 Å². The Kier molecular flexibility index (Phi) is 44.6. The number of nitro groups is 4. The van der Waals surface area contributed by atoms with Crippen LogP contribution in [-0.2, 0) is 29.4 Å². The molecule has 2 saturated carbocycles. The number of nitro benzene ring substituents is 4. The highest BCUT2D eigenvalue weighted by molar-refractivity contribution is 5.67. The summed E-state index contributed by atoms with van der Waals surface area (Å²) in [6.45, 7) is 24.6. The number of methoxy groups -OCH3 is 1. The van der Waals surface area contributed by atoms with Crippen LogP contribution in [0.1, 0.15) is 188 Å². The van der Waals surface area contributed by atoms with Crippen molar-refractivity contribution in [3.05, 3.63) is 232 Å². The third kappa shape index (κ3) is 34.6. The van der Waals surface area contributed by atoms with Gasteiger partial charge in [0.05, 0.1) is 77.9 Å². The number of alkyl halides is 12. The second-order valence-electron chi connectivity index (χ2n) is 28.6. The number of non-ortho nitro benzene ring substituents is 1. The van der Waals surface area contributed by atoms with Gasteiger partial charge < -0.3 is 34.1 Å². The van der Waals surface area contributed by atoms with E-state index in [2.05, 4.69) is 40.5 Å². The van der Waals surface area contributed by atoms with Crippen molar-refractivity contribution in [2.24, 2.45) is 5.92 Å². The van der Waals surface area contributed by atoms with Gasteiger partial charge in [0.2, 0.25) is 0 Å². The highest BCUT2D eigenvalue weighted by atomic mass is 19.4. The minimum Gasteiger partial charge on any atom is -0.383 e. The zero-order valence-electron chi connectivity index (χ0n) is 69.7. The summed E-state index contributed by atoms with van der Waals surface area (Å²) in [5.41, 5.74) is -3.16. The van der Waals surface area contributed by atoms with Gasteiger partial charge in [-0.2, -0.15) is 73.7 Å². The molecule has 662 valence electrons. The van der Waals surface area contributed by atoms with Crippen LogP contribution >= 0.6 is 0 Å². The lowest BCUT2D eigenvalue weighted by Crippen LogP contribution is -2.37. The highest BCUT2D eigenvalue weighted by Gasteiger charge is 2.41. The molecule has 0 heterocycles. The molecular weight excluding hydrogens is 1610 g/mol. The third-order valence-electron chi connectivity index (χ3n) is 19.4. The quantitative estimate of drug-likeness (QED) is 0.0115. The number of hydrogen-bond acceptors (Lipinski definition) is 19. The van der Waals surface area contributed by atoms with Crippen molar-refractivity contribution in [3.8, 4) is 24.3 Å². The number of unbranched alkanes of at least 4 members (excludes halogenated alkanes) is 7. The van der Waals surface area contributed by atoms with Crippen molar-refractivity contribution in [2.45, 2.75) is 174 Å². The molecule has 23 nitrogen and oxygen atoms in total. The summed E-state index contributed by atoms with van der Waals surface area (Å²) in [6, 6.07) is 30.1. The van der Waals surface area contributed by atoms with Crippen molar-refractivity contribution in [2.75, 3.05) is 116 Å². The Labute approximate surface area is 704 Å². The van der Waals surface area contributed by atoms with E-state index in [1.807, 2.05) is 40.8 Å². The smallest absolute Gasteiger partial charge is 0.383 e. The molecule has 35 heteroatoms. The van der Waals surface area contributed by atoms with Gasteiger partial charge in [0.25, 0.3) is 22.7 Å². The SMILES string of the molecule is C=CCN(CC=C)c1ccc(C#N)cc1[N+](=O)[O-].C=CCN(c1ccc([N+](=O)[O-])c(C(F)(F)F)c1)C1CCCCC1.CCCCCCCCN(C)c1ccc(C#N)c([N+](=O)[O-])c1.CCCCN(CCCC)c1ccc(C#N)c(C(F)(F)F)c1.CCCN(CC1CC1)c1ccc([N+](=O)[O-])cc1C(F)(F)F.COCCN(C)c1ccc(C#N)cc1C(F)(F)F. The first-order valence-corrected chi connectivity index (χ1v) is 39.8. The van der Waals surface area contributed by atoms with Crippen LogP contribution in [0.2, 0.25) is 0 Å². The van der Waals surface area contributed by atoms with Crippen LogP contribution in [0.15, 0.2) is 147 Å². The van der Waals surface area contributed by atoms with Gasteiger partial charge in [-0.25, -0.2) is 0 Å². The van der Waals surface area contributed by atoms with Crippen LogP contribution in [0, 0.1) is 91.7 Å².